The lowest BCUT2D eigenvalue weighted by Gasteiger charge is -2.23. The van der Waals surface area contributed by atoms with E-state index in [9.17, 15) is 13.2 Å². The van der Waals surface area contributed by atoms with E-state index in [-0.39, 0.29) is 27.9 Å². The first kappa shape index (κ1) is 22.3. The van der Waals surface area contributed by atoms with Crippen LogP contribution >= 0.6 is 0 Å². The van der Waals surface area contributed by atoms with Gasteiger partial charge in [0.1, 0.15) is 4.90 Å². The third-order valence-electron chi connectivity index (χ3n) is 5.50. The van der Waals surface area contributed by atoms with Gasteiger partial charge in [0.25, 0.3) is 5.91 Å². The van der Waals surface area contributed by atoms with Crippen molar-refractivity contribution in [3.05, 3.63) is 53.6 Å². The summed E-state index contributed by atoms with van der Waals surface area (Å²) >= 11 is 0. The van der Waals surface area contributed by atoms with Gasteiger partial charge >= 0.3 is 0 Å². The van der Waals surface area contributed by atoms with E-state index in [1.807, 2.05) is 12.1 Å². The monoisotopic (exact) mass is 429 g/mol. The van der Waals surface area contributed by atoms with Gasteiger partial charge in [-0.3, -0.25) is 4.79 Å². The second-order valence-electron chi connectivity index (χ2n) is 8.99. The van der Waals surface area contributed by atoms with Crippen molar-refractivity contribution < 1.29 is 13.2 Å². The summed E-state index contributed by atoms with van der Waals surface area (Å²) < 4.78 is 28.5. The molecule has 3 rings (SSSR count). The van der Waals surface area contributed by atoms with Gasteiger partial charge in [-0.05, 0) is 54.2 Å². The van der Waals surface area contributed by atoms with E-state index in [0.717, 1.165) is 37.7 Å². The molecule has 0 bridgehead atoms. The zero-order chi connectivity index (χ0) is 21.9. The summed E-state index contributed by atoms with van der Waals surface area (Å²) in [6.07, 6.45) is 4.85. The smallest absolute Gasteiger partial charge is 0.255 e. The predicted octanol–water partition coefficient (Wildman–Crippen LogP) is 4.43. The molecule has 1 fully saturated rings. The number of benzene rings is 2. The Morgan fingerprint density at radius 1 is 1.00 bits per heavy atom. The van der Waals surface area contributed by atoms with Gasteiger partial charge in [-0.15, -0.1) is 0 Å². The molecule has 1 aliphatic rings. The van der Waals surface area contributed by atoms with Crippen LogP contribution in [0.5, 0.6) is 0 Å². The van der Waals surface area contributed by atoms with E-state index in [2.05, 4.69) is 30.8 Å². The lowest BCUT2D eigenvalue weighted by molar-refractivity contribution is 0.102. The van der Waals surface area contributed by atoms with Gasteiger partial charge in [-0.1, -0.05) is 52.2 Å². The summed E-state index contributed by atoms with van der Waals surface area (Å²) in [7, 11) is -3.76. The molecule has 0 radical (unpaired) electrons. The van der Waals surface area contributed by atoms with Crippen molar-refractivity contribution in [2.75, 3.05) is 11.1 Å². The van der Waals surface area contributed by atoms with Gasteiger partial charge in [0.2, 0.25) is 10.0 Å². The number of rotatable bonds is 5. The van der Waals surface area contributed by atoms with Crippen LogP contribution in [0, 0.1) is 0 Å². The van der Waals surface area contributed by atoms with Crippen LogP contribution in [0.2, 0.25) is 0 Å². The van der Waals surface area contributed by atoms with Crippen LogP contribution in [0.25, 0.3) is 0 Å². The first-order valence-electron chi connectivity index (χ1n) is 10.4. The minimum Gasteiger partial charge on any atom is -0.398 e. The van der Waals surface area contributed by atoms with Crippen molar-refractivity contribution in [1.29, 1.82) is 0 Å². The van der Waals surface area contributed by atoms with Gasteiger partial charge in [0.05, 0.1) is 5.69 Å². The Hall–Kier alpha value is -2.38. The summed E-state index contributed by atoms with van der Waals surface area (Å²) in [6.45, 7) is 6.33. The maximum Gasteiger partial charge on any atom is 0.255 e. The van der Waals surface area contributed by atoms with Gasteiger partial charge in [-0.25, -0.2) is 13.1 Å². The standard InChI is InChI=1S/C23H31N3O3S/c1-23(2,3)17-11-9-16(10-12-17)22(27)25-19-13-14-20(24)21(15-19)30(28,29)26-18-7-5-4-6-8-18/h9-15,18,26H,4-8,24H2,1-3H3,(H,25,27). The molecule has 0 aliphatic heterocycles. The summed E-state index contributed by atoms with van der Waals surface area (Å²) in [4.78, 5) is 12.6. The normalized spacial score (nSPS) is 15.7. The molecule has 1 saturated carbocycles. The van der Waals surface area contributed by atoms with E-state index in [1.54, 1.807) is 18.2 Å². The van der Waals surface area contributed by atoms with Crippen molar-refractivity contribution in [3.63, 3.8) is 0 Å². The Bertz CT molecular complexity index is 1000. The molecule has 0 spiro atoms. The molecule has 162 valence electrons. The van der Waals surface area contributed by atoms with E-state index in [1.165, 1.54) is 12.1 Å². The number of nitrogens with two attached hydrogens (primary N) is 1. The Kier molecular flexibility index (Phi) is 6.53. The van der Waals surface area contributed by atoms with Crippen molar-refractivity contribution in [2.24, 2.45) is 0 Å². The number of hydrogen-bond donors (Lipinski definition) is 3. The second kappa shape index (κ2) is 8.78. The van der Waals surface area contributed by atoms with Gasteiger partial charge in [-0.2, -0.15) is 0 Å². The first-order valence-corrected chi connectivity index (χ1v) is 11.9. The quantitative estimate of drug-likeness (QED) is 0.612. The Morgan fingerprint density at radius 2 is 1.63 bits per heavy atom. The van der Waals surface area contributed by atoms with Crippen LogP contribution in [-0.4, -0.2) is 20.4 Å². The highest BCUT2D eigenvalue weighted by Gasteiger charge is 2.24. The number of hydrogen-bond acceptors (Lipinski definition) is 4. The van der Waals surface area contributed by atoms with E-state index >= 15 is 0 Å². The number of nitrogens with one attached hydrogen (secondary N) is 2. The summed E-state index contributed by atoms with van der Waals surface area (Å²) in [5, 5.41) is 2.77. The third kappa shape index (κ3) is 5.40. The Balaban J connectivity index is 1.76. The van der Waals surface area contributed by atoms with Crippen LogP contribution < -0.4 is 15.8 Å². The average molecular weight is 430 g/mol. The molecular weight excluding hydrogens is 398 g/mol. The highest BCUT2D eigenvalue weighted by atomic mass is 32.2. The zero-order valence-corrected chi connectivity index (χ0v) is 18.7. The predicted molar refractivity (Wildman–Crippen MR) is 121 cm³/mol. The van der Waals surface area contributed by atoms with Crippen molar-refractivity contribution >= 4 is 27.3 Å². The molecule has 6 nitrogen and oxygen atoms in total. The van der Waals surface area contributed by atoms with Gasteiger partial charge in [0.15, 0.2) is 0 Å². The first-order chi connectivity index (χ1) is 14.1. The molecule has 0 heterocycles. The summed E-state index contributed by atoms with van der Waals surface area (Å²) in [6, 6.07) is 11.9. The van der Waals surface area contributed by atoms with E-state index in [4.69, 9.17) is 5.73 Å². The van der Waals surface area contributed by atoms with Crippen molar-refractivity contribution in [2.45, 2.75) is 69.2 Å². The highest BCUT2D eigenvalue weighted by molar-refractivity contribution is 7.89. The van der Waals surface area contributed by atoms with Gasteiger partial charge < -0.3 is 11.1 Å². The molecule has 4 N–H and O–H groups in total. The van der Waals surface area contributed by atoms with Crippen molar-refractivity contribution in [1.82, 2.24) is 4.72 Å². The molecule has 0 atom stereocenters. The fourth-order valence-electron chi connectivity index (χ4n) is 3.67. The fraction of sp³-hybridized carbons (Fsp3) is 0.435. The van der Waals surface area contributed by atoms with Crippen LogP contribution in [0.3, 0.4) is 0 Å². The third-order valence-corrected chi connectivity index (χ3v) is 7.08. The lowest BCUT2D eigenvalue weighted by Crippen LogP contribution is -2.36. The Labute approximate surface area is 179 Å². The molecule has 1 aliphatic carbocycles. The molecule has 2 aromatic rings. The highest BCUT2D eigenvalue weighted by Crippen LogP contribution is 2.26. The number of amides is 1. The summed E-state index contributed by atoms with van der Waals surface area (Å²) in [5.41, 5.74) is 8.13. The van der Waals surface area contributed by atoms with E-state index in [0.29, 0.717) is 11.3 Å². The minimum absolute atomic E-state index is 0.000553. The maximum absolute atomic E-state index is 12.9. The number of nitrogen functional groups attached to an aromatic ring is 1. The second-order valence-corrected chi connectivity index (χ2v) is 10.7. The van der Waals surface area contributed by atoms with Crippen LogP contribution in [0.4, 0.5) is 11.4 Å². The molecular formula is C23H31N3O3S. The van der Waals surface area contributed by atoms with Crippen molar-refractivity contribution in [3.8, 4) is 0 Å². The molecule has 30 heavy (non-hydrogen) atoms. The molecule has 0 aromatic heterocycles. The molecule has 2 aromatic carbocycles. The summed E-state index contributed by atoms with van der Waals surface area (Å²) in [5.74, 6) is -0.302. The average Bonchev–Trinajstić information content (AvgIpc) is 2.69. The zero-order valence-electron chi connectivity index (χ0n) is 17.9. The maximum atomic E-state index is 12.9. The molecule has 0 unspecified atom stereocenters. The number of sulfonamides is 1. The van der Waals surface area contributed by atoms with Crippen LogP contribution in [-0.2, 0) is 15.4 Å². The Morgan fingerprint density at radius 3 is 2.23 bits per heavy atom. The minimum atomic E-state index is -3.76. The number of carbonyl (C=O) groups is 1. The number of carbonyl (C=O) groups excluding carboxylic acids is 1. The molecule has 1 amide bonds. The number of anilines is 2. The molecule has 0 saturated heterocycles. The van der Waals surface area contributed by atoms with Gasteiger partial charge in [0, 0.05) is 17.3 Å². The largest absolute Gasteiger partial charge is 0.398 e. The van der Waals surface area contributed by atoms with E-state index < -0.39 is 10.0 Å². The van der Waals surface area contributed by atoms with Crippen LogP contribution in [0.15, 0.2) is 47.4 Å². The van der Waals surface area contributed by atoms with Crippen LogP contribution in [0.1, 0.15) is 68.8 Å². The molecule has 7 heteroatoms. The lowest BCUT2D eigenvalue weighted by atomic mass is 9.87. The fourth-order valence-corrected chi connectivity index (χ4v) is 5.14. The topological polar surface area (TPSA) is 101 Å². The SMILES string of the molecule is CC(C)(C)c1ccc(C(=O)Nc2ccc(N)c(S(=O)(=O)NC3CCCCC3)c2)cc1.